The Morgan fingerprint density at radius 1 is 1.07 bits per heavy atom. The Hall–Kier alpha value is -3.89. The van der Waals surface area contributed by atoms with Crippen molar-refractivity contribution < 1.29 is 28.5 Å². The van der Waals surface area contributed by atoms with E-state index in [1.165, 1.54) is 7.11 Å². The Kier molecular flexibility index (Phi) is 8.74. The van der Waals surface area contributed by atoms with Crippen LogP contribution in [0.5, 0.6) is 0 Å². The number of halogens is 1. The van der Waals surface area contributed by atoms with Gasteiger partial charge in [-0.1, -0.05) is 23.7 Å². The molecule has 0 aliphatic rings. The standard InChI is InChI=1S/C30H35ClN4O6/c1-17-19(3)35(15-20-13-32-34(7)14-20)27-23(17)25(21-9-11-22(31)12-10-21)24(18(2)33-27)26(41-30(4,5)6)28(36)39-16-40-29(37)38-8/h9-14,26H,15-16H2,1-8H3/t26-/m0/s1. The van der Waals surface area contributed by atoms with Crippen molar-refractivity contribution in [1.82, 2.24) is 19.3 Å². The highest BCUT2D eigenvalue weighted by Crippen LogP contribution is 2.42. The molecule has 0 radical (unpaired) electrons. The third-order valence-corrected chi connectivity index (χ3v) is 6.96. The van der Waals surface area contributed by atoms with Crippen LogP contribution >= 0.6 is 11.6 Å². The molecule has 0 fully saturated rings. The normalized spacial score (nSPS) is 12.4. The first-order chi connectivity index (χ1) is 19.3. The number of benzene rings is 1. The van der Waals surface area contributed by atoms with E-state index in [2.05, 4.69) is 21.3 Å². The average molecular weight is 583 g/mol. The zero-order valence-electron chi connectivity index (χ0n) is 24.6. The first kappa shape index (κ1) is 30.1. The summed E-state index contributed by atoms with van der Waals surface area (Å²) in [5, 5.41) is 5.78. The minimum absolute atomic E-state index is 0.555. The number of carbonyl (C=O) groups is 2. The lowest BCUT2D eigenvalue weighted by molar-refractivity contribution is -0.176. The lowest BCUT2D eigenvalue weighted by atomic mass is 9.91. The number of methoxy groups -OCH3 is 1. The summed E-state index contributed by atoms with van der Waals surface area (Å²) in [4.78, 5) is 30.0. The molecule has 10 nitrogen and oxygen atoms in total. The molecule has 1 aromatic carbocycles. The van der Waals surface area contributed by atoms with Gasteiger partial charge in [0.2, 0.25) is 6.79 Å². The summed E-state index contributed by atoms with van der Waals surface area (Å²) in [6, 6.07) is 7.43. The van der Waals surface area contributed by atoms with Gasteiger partial charge in [-0.3, -0.25) is 4.68 Å². The number of fused-ring (bicyclic) bond motifs is 1. The van der Waals surface area contributed by atoms with Gasteiger partial charge in [0.05, 0.1) is 25.5 Å². The second-order valence-corrected chi connectivity index (χ2v) is 11.2. The molecule has 0 amide bonds. The number of hydrogen-bond acceptors (Lipinski definition) is 8. The molecule has 11 heteroatoms. The Bertz CT molecular complexity index is 1580. The van der Waals surface area contributed by atoms with Crippen molar-refractivity contribution in [2.45, 2.75) is 59.8 Å². The van der Waals surface area contributed by atoms with E-state index in [0.29, 0.717) is 22.8 Å². The van der Waals surface area contributed by atoms with Gasteiger partial charge < -0.3 is 23.5 Å². The molecule has 3 heterocycles. The summed E-state index contributed by atoms with van der Waals surface area (Å²) in [6.07, 6.45) is 1.66. The number of aryl methyl sites for hydroxylation is 3. The van der Waals surface area contributed by atoms with Crippen LogP contribution in [0.15, 0.2) is 36.7 Å². The van der Waals surface area contributed by atoms with Gasteiger partial charge in [-0.25, -0.2) is 14.6 Å². The summed E-state index contributed by atoms with van der Waals surface area (Å²) >= 11 is 6.26. The molecule has 1 atom stereocenters. The number of nitrogens with zero attached hydrogens (tertiary/aromatic N) is 4. The van der Waals surface area contributed by atoms with E-state index in [9.17, 15) is 9.59 Å². The highest BCUT2D eigenvalue weighted by molar-refractivity contribution is 6.30. The molecule has 218 valence electrons. The van der Waals surface area contributed by atoms with Crippen LogP contribution in [0.4, 0.5) is 4.79 Å². The third-order valence-electron chi connectivity index (χ3n) is 6.71. The number of esters is 1. The van der Waals surface area contributed by atoms with Crippen molar-refractivity contribution in [3.8, 4) is 11.1 Å². The van der Waals surface area contributed by atoms with Crippen LogP contribution in [-0.2, 0) is 37.3 Å². The smallest absolute Gasteiger partial charge is 0.438 e. The number of pyridine rings is 1. The topological polar surface area (TPSA) is 107 Å². The largest absolute Gasteiger partial charge is 0.510 e. The number of hydrogen-bond donors (Lipinski definition) is 0. The molecule has 0 unspecified atom stereocenters. The fourth-order valence-electron chi connectivity index (χ4n) is 4.81. The SMILES string of the molecule is COC(=O)OCOC(=O)[C@@H](OC(C)(C)C)c1c(C)nc2c(c(C)c(C)n2Cc2cnn(C)c2)c1-c1ccc(Cl)cc1. The molecule has 3 aromatic heterocycles. The van der Waals surface area contributed by atoms with Crippen LogP contribution in [-0.4, -0.2) is 51.0 Å². The number of carbonyl (C=O) groups excluding carboxylic acids is 2. The van der Waals surface area contributed by atoms with Gasteiger partial charge in [-0.05, 0) is 64.8 Å². The summed E-state index contributed by atoms with van der Waals surface area (Å²) in [7, 11) is 3.05. The van der Waals surface area contributed by atoms with Crippen molar-refractivity contribution >= 4 is 34.8 Å². The zero-order valence-corrected chi connectivity index (χ0v) is 25.3. The fourth-order valence-corrected chi connectivity index (χ4v) is 4.94. The van der Waals surface area contributed by atoms with Crippen LogP contribution in [0.1, 0.15) is 55.0 Å². The van der Waals surface area contributed by atoms with Crippen LogP contribution in [0.3, 0.4) is 0 Å². The molecule has 41 heavy (non-hydrogen) atoms. The Morgan fingerprint density at radius 2 is 1.76 bits per heavy atom. The summed E-state index contributed by atoms with van der Waals surface area (Å²) in [6.45, 7) is 11.4. The maximum Gasteiger partial charge on any atom is 0.510 e. The molecule has 0 aliphatic carbocycles. The van der Waals surface area contributed by atoms with Gasteiger partial charge in [-0.2, -0.15) is 5.10 Å². The van der Waals surface area contributed by atoms with Gasteiger partial charge >= 0.3 is 12.1 Å². The summed E-state index contributed by atoms with van der Waals surface area (Å²) in [5.74, 6) is -0.729. The van der Waals surface area contributed by atoms with Crippen molar-refractivity contribution in [3.05, 3.63) is 69.8 Å². The van der Waals surface area contributed by atoms with Crippen molar-refractivity contribution in [2.75, 3.05) is 13.9 Å². The molecular weight excluding hydrogens is 548 g/mol. The Labute approximate surface area is 244 Å². The van der Waals surface area contributed by atoms with Gasteiger partial charge in [-0.15, -0.1) is 0 Å². The summed E-state index contributed by atoms with van der Waals surface area (Å²) < 4.78 is 24.9. The fraction of sp³-hybridized carbons (Fsp3) is 0.400. The molecule has 0 spiro atoms. The zero-order chi connectivity index (χ0) is 30.1. The number of aromatic nitrogens is 4. The highest BCUT2D eigenvalue weighted by atomic mass is 35.5. The molecular formula is C30H35ClN4O6. The minimum Gasteiger partial charge on any atom is -0.438 e. The monoisotopic (exact) mass is 582 g/mol. The van der Waals surface area contributed by atoms with E-state index in [4.69, 9.17) is 30.8 Å². The molecule has 0 N–H and O–H groups in total. The average Bonchev–Trinajstić information content (AvgIpc) is 3.42. The summed E-state index contributed by atoms with van der Waals surface area (Å²) in [5.41, 5.74) is 5.89. The maximum atomic E-state index is 13.6. The Balaban J connectivity index is 1.97. The van der Waals surface area contributed by atoms with Gasteiger partial charge in [0, 0.05) is 51.7 Å². The predicted octanol–water partition coefficient (Wildman–Crippen LogP) is 6.20. The number of ether oxygens (including phenoxy) is 4. The highest BCUT2D eigenvalue weighted by Gasteiger charge is 2.35. The van der Waals surface area contributed by atoms with E-state index >= 15 is 0 Å². The molecule has 4 aromatic rings. The van der Waals surface area contributed by atoms with Crippen LogP contribution in [0, 0.1) is 20.8 Å². The Morgan fingerprint density at radius 3 is 2.34 bits per heavy atom. The first-order valence-corrected chi connectivity index (χ1v) is 13.5. The van der Waals surface area contributed by atoms with Crippen LogP contribution in [0.2, 0.25) is 5.02 Å². The lowest BCUT2D eigenvalue weighted by Crippen LogP contribution is -2.30. The quantitative estimate of drug-likeness (QED) is 0.178. The van der Waals surface area contributed by atoms with E-state index in [0.717, 1.165) is 39.0 Å². The van der Waals surface area contributed by atoms with E-state index in [-0.39, 0.29) is 0 Å². The van der Waals surface area contributed by atoms with Gasteiger partial charge in [0.1, 0.15) is 5.65 Å². The second-order valence-electron chi connectivity index (χ2n) is 10.8. The van der Waals surface area contributed by atoms with E-state index in [1.54, 1.807) is 16.8 Å². The predicted molar refractivity (Wildman–Crippen MR) is 155 cm³/mol. The van der Waals surface area contributed by atoms with Crippen LogP contribution in [0.25, 0.3) is 22.2 Å². The van der Waals surface area contributed by atoms with Crippen molar-refractivity contribution in [2.24, 2.45) is 7.05 Å². The maximum absolute atomic E-state index is 13.6. The lowest BCUT2D eigenvalue weighted by Gasteiger charge is -2.29. The van der Waals surface area contributed by atoms with E-state index in [1.807, 2.05) is 66.2 Å². The first-order valence-electron chi connectivity index (χ1n) is 13.1. The third kappa shape index (κ3) is 6.55. The van der Waals surface area contributed by atoms with Gasteiger partial charge in [0.25, 0.3) is 0 Å². The molecule has 0 aliphatic heterocycles. The molecule has 0 saturated heterocycles. The second kappa shape index (κ2) is 11.9. The van der Waals surface area contributed by atoms with Crippen LogP contribution < -0.4 is 0 Å². The molecule has 4 rings (SSSR count). The van der Waals surface area contributed by atoms with Crippen molar-refractivity contribution in [3.63, 3.8) is 0 Å². The molecule has 0 saturated carbocycles. The van der Waals surface area contributed by atoms with E-state index < -0.39 is 30.6 Å². The van der Waals surface area contributed by atoms with Gasteiger partial charge in [0.15, 0.2) is 6.10 Å². The molecule has 0 bridgehead atoms. The number of rotatable bonds is 8. The minimum atomic E-state index is -1.18. The van der Waals surface area contributed by atoms with Crippen molar-refractivity contribution in [1.29, 1.82) is 0 Å².